The third-order valence-electron chi connectivity index (χ3n) is 3.83. The summed E-state index contributed by atoms with van der Waals surface area (Å²) in [6.45, 7) is 3.73. The summed E-state index contributed by atoms with van der Waals surface area (Å²) in [5.41, 5.74) is 2.90. The Morgan fingerprint density at radius 3 is 2.08 bits per heavy atom. The molecule has 5 nitrogen and oxygen atoms in total. The summed E-state index contributed by atoms with van der Waals surface area (Å²) in [6, 6.07) is 14.2. The third-order valence-corrected chi connectivity index (χ3v) is 5.14. The summed E-state index contributed by atoms with van der Waals surface area (Å²) < 4.78 is 25.5. The van der Waals surface area contributed by atoms with Crippen LogP contribution in [0.1, 0.15) is 42.6 Å². The lowest BCUT2D eigenvalue weighted by molar-refractivity contribution is 0.102. The van der Waals surface area contributed by atoms with Crippen LogP contribution in [-0.2, 0) is 16.4 Å². The molecule has 134 valence electrons. The Balaban J connectivity index is 1.98. The Morgan fingerprint density at radius 2 is 1.52 bits per heavy atom. The zero-order valence-corrected chi connectivity index (χ0v) is 15.4. The number of hydrogen-bond acceptors (Lipinski definition) is 3. The van der Waals surface area contributed by atoms with Crippen molar-refractivity contribution in [3.63, 3.8) is 0 Å². The van der Waals surface area contributed by atoms with E-state index in [1.54, 1.807) is 31.2 Å². The first-order chi connectivity index (χ1) is 11.9. The van der Waals surface area contributed by atoms with E-state index in [0.29, 0.717) is 11.3 Å². The van der Waals surface area contributed by atoms with Gasteiger partial charge in [-0.25, -0.2) is 8.42 Å². The Morgan fingerprint density at radius 1 is 0.920 bits per heavy atom. The topological polar surface area (TPSA) is 75.3 Å². The highest BCUT2D eigenvalue weighted by Crippen LogP contribution is 2.15. The molecule has 0 spiro atoms. The van der Waals surface area contributed by atoms with Gasteiger partial charge in [0.1, 0.15) is 0 Å². The number of aryl methyl sites for hydroxylation is 1. The molecule has 0 aliphatic rings. The molecule has 0 heterocycles. The Bertz CT molecular complexity index is 798. The second-order valence-corrected chi connectivity index (χ2v) is 7.85. The fourth-order valence-corrected chi connectivity index (χ4v) is 2.92. The standard InChI is InChI=1S/C19H24N2O3S/c1-3-5-6-15-7-11-17(12-8-15)20-19(22)16-9-13-18(14-10-16)21-25(23,24)4-2/h7-14,21H,3-6H2,1-2H3,(H,20,22). The predicted molar refractivity (Wildman–Crippen MR) is 103 cm³/mol. The molecule has 1 amide bonds. The third kappa shape index (κ3) is 5.90. The van der Waals surface area contributed by atoms with Gasteiger partial charge in [-0.3, -0.25) is 9.52 Å². The van der Waals surface area contributed by atoms with Crippen LogP contribution in [0.15, 0.2) is 48.5 Å². The lowest BCUT2D eigenvalue weighted by Gasteiger charge is -2.08. The summed E-state index contributed by atoms with van der Waals surface area (Å²) >= 11 is 0. The molecule has 0 saturated heterocycles. The van der Waals surface area contributed by atoms with Gasteiger partial charge in [-0.05, 0) is 61.7 Å². The first-order valence-corrected chi connectivity index (χ1v) is 10.1. The van der Waals surface area contributed by atoms with Crippen LogP contribution in [0, 0.1) is 0 Å². The molecule has 0 atom stereocenters. The maximum atomic E-state index is 12.3. The number of nitrogens with one attached hydrogen (secondary N) is 2. The molecule has 0 saturated carbocycles. The number of carbonyl (C=O) groups excluding carboxylic acids is 1. The van der Waals surface area contributed by atoms with E-state index in [1.807, 2.05) is 24.3 Å². The van der Waals surface area contributed by atoms with E-state index in [-0.39, 0.29) is 11.7 Å². The molecule has 2 N–H and O–H groups in total. The van der Waals surface area contributed by atoms with E-state index in [4.69, 9.17) is 0 Å². The van der Waals surface area contributed by atoms with Gasteiger partial charge in [0.05, 0.1) is 5.75 Å². The van der Waals surface area contributed by atoms with Crippen LogP contribution >= 0.6 is 0 Å². The average Bonchev–Trinajstić information content (AvgIpc) is 2.61. The van der Waals surface area contributed by atoms with E-state index < -0.39 is 10.0 Å². The molecular formula is C19H24N2O3S. The van der Waals surface area contributed by atoms with Gasteiger partial charge in [0, 0.05) is 16.9 Å². The lowest BCUT2D eigenvalue weighted by Crippen LogP contribution is -2.15. The minimum absolute atomic E-state index is 0.00346. The second kappa shape index (κ2) is 8.67. The van der Waals surface area contributed by atoms with E-state index >= 15 is 0 Å². The molecule has 25 heavy (non-hydrogen) atoms. The van der Waals surface area contributed by atoms with Gasteiger partial charge in [-0.15, -0.1) is 0 Å². The van der Waals surface area contributed by atoms with Crippen molar-refractivity contribution >= 4 is 27.3 Å². The predicted octanol–water partition coefficient (Wildman–Crippen LogP) is 4.04. The number of carbonyl (C=O) groups is 1. The highest BCUT2D eigenvalue weighted by Gasteiger charge is 2.09. The maximum Gasteiger partial charge on any atom is 0.255 e. The number of unbranched alkanes of at least 4 members (excludes halogenated alkanes) is 1. The molecule has 2 rings (SSSR count). The lowest BCUT2D eigenvalue weighted by atomic mass is 10.1. The first-order valence-electron chi connectivity index (χ1n) is 8.44. The summed E-state index contributed by atoms with van der Waals surface area (Å²) in [7, 11) is -3.32. The molecular weight excluding hydrogens is 336 g/mol. The Hall–Kier alpha value is -2.34. The minimum atomic E-state index is -3.32. The summed E-state index contributed by atoms with van der Waals surface area (Å²) in [4.78, 5) is 12.3. The zero-order chi connectivity index (χ0) is 18.3. The molecule has 0 aliphatic carbocycles. The molecule has 0 fully saturated rings. The van der Waals surface area contributed by atoms with Gasteiger partial charge < -0.3 is 5.32 Å². The first kappa shape index (κ1) is 19.0. The van der Waals surface area contributed by atoms with Crippen LogP contribution in [0.2, 0.25) is 0 Å². The fraction of sp³-hybridized carbons (Fsp3) is 0.316. The van der Waals surface area contributed by atoms with E-state index in [9.17, 15) is 13.2 Å². The van der Waals surface area contributed by atoms with Gasteiger partial charge >= 0.3 is 0 Å². The number of amides is 1. The molecule has 2 aromatic carbocycles. The second-order valence-electron chi connectivity index (χ2n) is 5.84. The molecule has 6 heteroatoms. The molecule has 2 aromatic rings. The van der Waals surface area contributed by atoms with Gasteiger partial charge in [-0.2, -0.15) is 0 Å². The van der Waals surface area contributed by atoms with Crippen molar-refractivity contribution in [2.24, 2.45) is 0 Å². The number of hydrogen-bond donors (Lipinski definition) is 2. The summed E-state index contributed by atoms with van der Waals surface area (Å²) in [5.74, 6) is -0.227. The van der Waals surface area contributed by atoms with Crippen LogP contribution in [-0.4, -0.2) is 20.1 Å². The zero-order valence-electron chi connectivity index (χ0n) is 14.6. The molecule has 0 unspecified atom stereocenters. The summed E-state index contributed by atoms with van der Waals surface area (Å²) in [5, 5.41) is 2.84. The van der Waals surface area contributed by atoms with Crippen molar-refractivity contribution < 1.29 is 13.2 Å². The number of benzene rings is 2. The van der Waals surface area contributed by atoms with Crippen LogP contribution in [0.25, 0.3) is 0 Å². The highest BCUT2D eigenvalue weighted by atomic mass is 32.2. The van der Waals surface area contributed by atoms with Gasteiger partial charge in [0.2, 0.25) is 10.0 Å². The quantitative estimate of drug-likeness (QED) is 0.746. The van der Waals surface area contributed by atoms with Gasteiger partial charge in [0.25, 0.3) is 5.91 Å². The monoisotopic (exact) mass is 360 g/mol. The normalized spacial score (nSPS) is 11.1. The van der Waals surface area contributed by atoms with Crippen molar-refractivity contribution in [1.82, 2.24) is 0 Å². The largest absolute Gasteiger partial charge is 0.322 e. The van der Waals surface area contributed by atoms with Crippen molar-refractivity contribution in [3.8, 4) is 0 Å². The fourth-order valence-electron chi connectivity index (χ4n) is 2.28. The minimum Gasteiger partial charge on any atom is -0.322 e. The van der Waals surface area contributed by atoms with Crippen LogP contribution in [0.4, 0.5) is 11.4 Å². The van der Waals surface area contributed by atoms with Crippen LogP contribution in [0.3, 0.4) is 0 Å². The van der Waals surface area contributed by atoms with Gasteiger partial charge in [-0.1, -0.05) is 25.5 Å². The van der Waals surface area contributed by atoms with Crippen LogP contribution in [0.5, 0.6) is 0 Å². The Labute approximate surface area is 149 Å². The molecule has 0 aromatic heterocycles. The molecule has 0 radical (unpaired) electrons. The average molecular weight is 360 g/mol. The number of anilines is 2. The van der Waals surface area contributed by atoms with Crippen molar-refractivity contribution in [3.05, 3.63) is 59.7 Å². The van der Waals surface area contributed by atoms with E-state index in [1.165, 1.54) is 5.56 Å². The molecule has 0 aliphatic heterocycles. The summed E-state index contributed by atoms with van der Waals surface area (Å²) in [6.07, 6.45) is 3.35. The van der Waals surface area contributed by atoms with Gasteiger partial charge in [0.15, 0.2) is 0 Å². The van der Waals surface area contributed by atoms with E-state index in [2.05, 4.69) is 17.0 Å². The van der Waals surface area contributed by atoms with Crippen LogP contribution < -0.4 is 10.0 Å². The SMILES string of the molecule is CCCCc1ccc(NC(=O)c2ccc(NS(=O)(=O)CC)cc2)cc1. The van der Waals surface area contributed by atoms with Crippen molar-refractivity contribution in [2.75, 3.05) is 15.8 Å². The van der Waals surface area contributed by atoms with Crippen molar-refractivity contribution in [1.29, 1.82) is 0 Å². The maximum absolute atomic E-state index is 12.3. The number of rotatable bonds is 8. The van der Waals surface area contributed by atoms with E-state index in [0.717, 1.165) is 24.9 Å². The smallest absolute Gasteiger partial charge is 0.255 e. The Kier molecular flexibility index (Phi) is 6.58. The molecule has 0 bridgehead atoms. The highest BCUT2D eigenvalue weighted by molar-refractivity contribution is 7.92. The number of sulfonamides is 1. The van der Waals surface area contributed by atoms with Crippen molar-refractivity contribution in [2.45, 2.75) is 33.1 Å².